The average molecular weight is 379 g/mol. The second kappa shape index (κ2) is 6.90. The van der Waals surface area contributed by atoms with Gasteiger partial charge in [-0.05, 0) is 24.3 Å². The predicted octanol–water partition coefficient (Wildman–Crippen LogP) is 1.04. The van der Waals surface area contributed by atoms with Crippen molar-refractivity contribution in [3.63, 3.8) is 0 Å². The fourth-order valence-corrected chi connectivity index (χ4v) is 3.47. The first kappa shape index (κ1) is 17.9. The summed E-state index contributed by atoms with van der Waals surface area (Å²) >= 11 is 0. The molecular weight excluding hydrogens is 362 g/mol. The number of carbonyl (C=O) groups is 4. The minimum absolute atomic E-state index is 0.120. The van der Waals surface area contributed by atoms with Gasteiger partial charge in [-0.3, -0.25) is 19.3 Å². The Balaban J connectivity index is 1.42. The highest BCUT2D eigenvalue weighted by molar-refractivity contribution is 6.28. The predicted molar refractivity (Wildman–Crippen MR) is 99.6 cm³/mol. The van der Waals surface area contributed by atoms with Crippen molar-refractivity contribution in [2.75, 3.05) is 23.9 Å². The summed E-state index contributed by atoms with van der Waals surface area (Å²) in [4.78, 5) is 52.0. The Kier molecular flexibility index (Phi) is 4.40. The van der Waals surface area contributed by atoms with E-state index in [4.69, 9.17) is 4.74 Å². The van der Waals surface area contributed by atoms with Crippen LogP contribution in [0.4, 0.5) is 11.4 Å². The van der Waals surface area contributed by atoms with Gasteiger partial charge in [0.05, 0.1) is 30.6 Å². The van der Waals surface area contributed by atoms with Crippen LogP contribution in [-0.4, -0.2) is 54.3 Å². The molecule has 2 saturated heterocycles. The number of fused-ring (bicyclic) bond motifs is 1. The fraction of sp³-hybridized carbons (Fsp3) is 0.200. The lowest BCUT2D eigenvalue weighted by atomic mass is 10.2. The Morgan fingerprint density at radius 1 is 0.964 bits per heavy atom. The number of esters is 1. The smallest absolute Gasteiger partial charge is 0.339 e. The number of ether oxygens (including phenoxy) is 1. The molecule has 4 rings (SSSR count). The SMILES string of the molecule is COC(=O)c1ccccc1NC(=O)CN1[C@@H]2C(=O)N(c3ccccc3)C(=O)[C@@H]21. The van der Waals surface area contributed by atoms with E-state index in [-0.39, 0.29) is 23.9 Å². The molecule has 3 amide bonds. The fourth-order valence-electron chi connectivity index (χ4n) is 3.47. The zero-order chi connectivity index (χ0) is 19.8. The van der Waals surface area contributed by atoms with E-state index in [1.807, 2.05) is 0 Å². The summed E-state index contributed by atoms with van der Waals surface area (Å²) in [6.45, 7) is -0.120. The van der Waals surface area contributed by atoms with Crippen molar-refractivity contribution in [1.29, 1.82) is 0 Å². The molecule has 2 aromatic carbocycles. The van der Waals surface area contributed by atoms with Gasteiger partial charge in [-0.1, -0.05) is 30.3 Å². The molecule has 0 bridgehead atoms. The van der Waals surface area contributed by atoms with Crippen LogP contribution in [-0.2, 0) is 19.1 Å². The maximum absolute atomic E-state index is 12.6. The summed E-state index contributed by atoms with van der Waals surface area (Å²) in [5.74, 6) is -1.64. The van der Waals surface area contributed by atoms with Gasteiger partial charge in [0.25, 0.3) is 11.8 Å². The monoisotopic (exact) mass is 379 g/mol. The molecule has 0 aliphatic carbocycles. The largest absolute Gasteiger partial charge is 0.465 e. The lowest BCUT2D eigenvalue weighted by Gasteiger charge is -2.19. The Hall–Kier alpha value is -3.52. The minimum Gasteiger partial charge on any atom is -0.465 e. The van der Waals surface area contributed by atoms with E-state index in [9.17, 15) is 19.2 Å². The lowest BCUT2D eigenvalue weighted by Crippen LogP contribution is -2.40. The van der Waals surface area contributed by atoms with Crippen LogP contribution < -0.4 is 10.2 Å². The minimum atomic E-state index is -0.616. The van der Waals surface area contributed by atoms with E-state index >= 15 is 0 Å². The van der Waals surface area contributed by atoms with Gasteiger partial charge in [0.1, 0.15) is 12.1 Å². The van der Waals surface area contributed by atoms with Gasteiger partial charge in [0, 0.05) is 0 Å². The molecule has 0 radical (unpaired) electrons. The highest BCUT2D eigenvalue weighted by atomic mass is 16.5. The summed E-state index contributed by atoms with van der Waals surface area (Å²) in [6.07, 6.45) is 0. The van der Waals surface area contributed by atoms with Crippen molar-refractivity contribution in [2.24, 2.45) is 0 Å². The molecule has 2 aromatic rings. The molecule has 3 atom stereocenters. The summed E-state index contributed by atoms with van der Waals surface area (Å²) in [5.41, 5.74) is 1.07. The number of amides is 3. The number of hydrogen-bond donors (Lipinski definition) is 1. The molecule has 2 aliphatic rings. The van der Waals surface area contributed by atoms with Crippen LogP contribution in [0.1, 0.15) is 10.4 Å². The van der Waals surface area contributed by atoms with Gasteiger partial charge in [-0.25, -0.2) is 9.69 Å². The molecular formula is C20H17N3O5. The number of methoxy groups -OCH3 is 1. The van der Waals surface area contributed by atoms with Crippen LogP contribution in [0.25, 0.3) is 0 Å². The molecule has 2 heterocycles. The average Bonchev–Trinajstić information content (AvgIpc) is 3.34. The zero-order valence-corrected chi connectivity index (χ0v) is 15.0. The number of nitrogens with zero attached hydrogens (tertiary/aromatic N) is 2. The van der Waals surface area contributed by atoms with Gasteiger partial charge in [0.15, 0.2) is 0 Å². The molecule has 1 unspecified atom stereocenters. The van der Waals surface area contributed by atoms with Crippen molar-refractivity contribution in [2.45, 2.75) is 12.1 Å². The maximum atomic E-state index is 12.6. The van der Waals surface area contributed by atoms with Gasteiger partial charge in [0.2, 0.25) is 5.91 Å². The van der Waals surface area contributed by atoms with E-state index in [0.29, 0.717) is 11.4 Å². The second-order valence-corrected chi connectivity index (χ2v) is 6.49. The quantitative estimate of drug-likeness (QED) is 0.474. The first-order valence-corrected chi connectivity index (χ1v) is 8.68. The summed E-state index contributed by atoms with van der Waals surface area (Å²) < 4.78 is 4.70. The second-order valence-electron chi connectivity index (χ2n) is 6.49. The normalized spacial score (nSPS) is 22.6. The molecule has 0 spiro atoms. The molecule has 0 saturated carbocycles. The molecule has 142 valence electrons. The van der Waals surface area contributed by atoms with E-state index in [0.717, 1.165) is 4.90 Å². The number of hydrogen-bond acceptors (Lipinski definition) is 6. The Labute approximate surface area is 160 Å². The third-order valence-electron chi connectivity index (χ3n) is 4.82. The van der Waals surface area contributed by atoms with Crippen LogP contribution in [0, 0.1) is 0 Å². The Morgan fingerprint density at radius 3 is 2.21 bits per heavy atom. The zero-order valence-electron chi connectivity index (χ0n) is 15.0. The number of rotatable bonds is 5. The summed E-state index contributed by atoms with van der Waals surface area (Å²) in [7, 11) is 1.26. The van der Waals surface area contributed by atoms with Gasteiger partial charge < -0.3 is 10.1 Å². The van der Waals surface area contributed by atoms with Crippen LogP contribution in [0.5, 0.6) is 0 Å². The van der Waals surface area contributed by atoms with Crippen LogP contribution in [0.3, 0.4) is 0 Å². The molecule has 2 aliphatic heterocycles. The van der Waals surface area contributed by atoms with E-state index in [1.54, 1.807) is 59.5 Å². The first-order chi connectivity index (χ1) is 13.5. The highest BCUT2D eigenvalue weighted by Gasteiger charge is 2.66. The van der Waals surface area contributed by atoms with E-state index in [2.05, 4.69) is 5.32 Å². The Morgan fingerprint density at radius 2 is 1.57 bits per heavy atom. The van der Waals surface area contributed by atoms with Gasteiger partial charge in [-0.2, -0.15) is 0 Å². The summed E-state index contributed by atoms with van der Waals surface area (Å²) in [5, 5.41) is 2.64. The molecule has 0 aromatic heterocycles. The van der Waals surface area contributed by atoms with Crippen LogP contribution in [0.2, 0.25) is 0 Å². The van der Waals surface area contributed by atoms with Crippen LogP contribution >= 0.6 is 0 Å². The number of para-hydroxylation sites is 2. The molecule has 8 nitrogen and oxygen atoms in total. The first-order valence-electron chi connectivity index (χ1n) is 8.68. The molecule has 1 N–H and O–H groups in total. The standard InChI is InChI=1S/C20H17N3O5/c1-28-20(27)13-9-5-6-10-14(13)21-15(24)11-22-16-17(22)19(26)23(18(16)25)12-7-3-2-4-8-12/h2-10,16-17H,11H2,1H3,(H,21,24)/t16-,17+,22?. The topological polar surface area (TPSA) is 95.8 Å². The van der Waals surface area contributed by atoms with E-state index < -0.39 is 24.0 Å². The number of benzene rings is 2. The highest BCUT2D eigenvalue weighted by Crippen LogP contribution is 2.39. The van der Waals surface area contributed by atoms with Crippen molar-refractivity contribution in [3.8, 4) is 0 Å². The van der Waals surface area contributed by atoms with Crippen LogP contribution in [0.15, 0.2) is 54.6 Å². The maximum Gasteiger partial charge on any atom is 0.339 e. The van der Waals surface area contributed by atoms with Crippen molar-refractivity contribution in [1.82, 2.24) is 4.90 Å². The number of imide groups is 1. The van der Waals surface area contributed by atoms with Gasteiger partial charge in [-0.15, -0.1) is 0 Å². The van der Waals surface area contributed by atoms with Crippen molar-refractivity contribution in [3.05, 3.63) is 60.2 Å². The van der Waals surface area contributed by atoms with Crippen molar-refractivity contribution < 1.29 is 23.9 Å². The Bertz CT molecular complexity index is 953. The van der Waals surface area contributed by atoms with Gasteiger partial charge >= 0.3 is 5.97 Å². The molecule has 28 heavy (non-hydrogen) atoms. The number of nitrogens with one attached hydrogen (secondary N) is 1. The molecule has 2 fully saturated rings. The summed E-state index contributed by atoms with van der Waals surface area (Å²) in [6, 6.07) is 13.9. The van der Waals surface area contributed by atoms with E-state index in [1.165, 1.54) is 7.11 Å². The molecule has 8 heteroatoms. The number of anilines is 2. The number of piperazine rings is 1. The van der Waals surface area contributed by atoms with Crippen molar-refractivity contribution >= 4 is 35.1 Å². The number of carbonyl (C=O) groups excluding carboxylic acids is 4. The third-order valence-corrected chi connectivity index (χ3v) is 4.82. The third kappa shape index (κ3) is 2.93. The lowest BCUT2D eigenvalue weighted by molar-refractivity contribution is -0.124.